The molecule has 78 valence electrons. The van der Waals surface area contributed by atoms with Gasteiger partial charge in [0.25, 0.3) is 0 Å². The number of hydrogen-bond acceptors (Lipinski definition) is 3. The van der Waals surface area contributed by atoms with Gasteiger partial charge in [-0.1, -0.05) is 0 Å². The summed E-state index contributed by atoms with van der Waals surface area (Å²) in [5.41, 5.74) is 8.72. The fourth-order valence-electron chi connectivity index (χ4n) is 1.47. The van der Waals surface area contributed by atoms with Gasteiger partial charge in [0.1, 0.15) is 11.5 Å². The van der Waals surface area contributed by atoms with E-state index in [2.05, 4.69) is 9.97 Å². The van der Waals surface area contributed by atoms with Gasteiger partial charge in [0.05, 0.1) is 6.33 Å². The van der Waals surface area contributed by atoms with E-state index < -0.39 is 0 Å². The summed E-state index contributed by atoms with van der Waals surface area (Å²) in [7, 11) is 0. The van der Waals surface area contributed by atoms with Crippen LogP contribution in [0.4, 0.5) is 5.82 Å². The van der Waals surface area contributed by atoms with Gasteiger partial charge < -0.3 is 10.3 Å². The zero-order valence-electron chi connectivity index (χ0n) is 8.94. The Bertz CT molecular complexity index is 456. The number of rotatable bonds is 2. The predicted octanol–water partition coefficient (Wildman–Crippen LogP) is 1.86. The fourth-order valence-corrected chi connectivity index (χ4v) is 1.47. The lowest BCUT2D eigenvalue weighted by molar-refractivity contribution is 0.771. The Hall–Kier alpha value is -1.84. The van der Waals surface area contributed by atoms with Crippen molar-refractivity contribution in [2.45, 2.75) is 20.4 Å². The second kappa shape index (κ2) is 3.73. The molecule has 2 aromatic heterocycles. The lowest BCUT2D eigenvalue weighted by Gasteiger charge is -2.02. The average Bonchev–Trinajstić information content (AvgIpc) is 2.61. The Balaban J connectivity index is 2.45. The zero-order chi connectivity index (χ0) is 10.8. The summed E-state index contributed by atoms with van der Waals surface area (Å²) < 4.78 is 1.91. The quantitative estimate of drug-likeness (QED) is 0.808. The summed E-state index contributed by atoms with van der Waals surface area (Å²) in [5.74, 6) is 0.697. The number of imidazole rings is 1. The minimum atomic E-state index is 0.697. The molecule has 15 heavy (non-hydrogen) atoms. The molecule has 0 radical (unpaired) electrons. The van der Waals surface area contributed by atoms with Crippen LogP contribution in [0.2, 0.25) is 0 Å². The van der Waals surface area contributed by atoms with E-state index in [1.807, 2.05) is 30.5 Å². The van der Waals surface area contributed by atoms with Crippen molar-refractivity contribution in [2.24, 2.45) is 0 Å². The number of nitrogen functional groups attached to an aromatic ring is 1. The Kier molecular flexibility index (Phi) is 2.41. The maximum Gasteiger partial charge on any atom is 0.131 e. The van der Waals surface area contributed by atoms with Gasteiger partial charge in [0, 0.05) is 24.0 Å². The lowest BCUT2D eigenvalue weighted by atomic mass is 10.2. The van der Waals surface area contributed by atoms with Crippen LogP contribution in [0.15, 0.2) is 24.7 Å². The van der Waals surface area contributed by atoms with E-state index in [1.165, 1.54) is 0 Å². The first kappa shape index (κ1) is 9.71. The van der Waals surface area contributed by atoms with Gasteiger partial charge in [-0.3, -0.25) is 4.98 Å². The molecule has 0 atom stereocenters. The highest BCUT2D eigenvalue weighted by Crippen LogP contribution is 2.23. The lowest BCUT2D eigenvalue weighted by Crippen LogP contribution is -1.99. The molecule has 0 aliphatic heterocycles. The monoisotopic (exact) mass is 202 g/mol. The van der Waals surface area contributed by atoms with Gasteiger partial charge in [-0.25, -0.2) is 4.98 Å². The molecule has 0 aliphatic rings. The topological polar surface area (TPSA) is 56.7 Å². The summed E-state index contributed by atoms with van der Waals surface area (Å²) >= 11 is 0. The zero-order valence-corrected chi connectivity index (χ0v) is 8.94. The normalized spacial score (nSPS) is 10.5. The van der Waals surface area contributed by atoms with Crippen LogP contribution in [-0.2, 0) is 6.54 Å². The van der Waals surface area contributed by atoms with Crippen molar-refractivity contribution in [1.29, 1.82) is 0 Å². The van der Waals surface area contributed by atoms with Gasteiger partial charge in [0.2, 0.25) is 0 Å². The van der Waals surface area contributed by atoms with E-state index in [4.69, 9.17) is 5.73 Å². The van der Waals surface area contributed by atoms with E-state index in [1.54, 1.807) is 12.5 Å². The van der Waals surface area contributed by atoms with Crippen molar-refractivity contribution in [1.82, 2.24) is 14.5 Å². The minimum Gasteiger partial charge on any atom is -0.383 e. The first-order chi connectivity index (χ1) is 7.22. The molecule has 4 nitrogen and oxygen atoms in total. The number of pyridine rings is 1. The van der Waals surface area contributed by atoms with Crippen molar-refractivity contribution in [3.63, 3.8) is 0 Å². The van der Waals surface area contributed by atoms with Gasteiger partial charge in [-0.15, -0.1) is 0 Å². The summed E-state index contributed by atoms with van der Waals surface area (Å²) in [4.78, 5) is 8.51. The van der Waals surface area contributed by atoms with Crippen LogP contribution in [0.25, 0.3) is 11.3 Å². The van der Waals surface area contributed by atoms with Gasteiger partial charge in [0.15, 0.2) is 0 Å². The number of nitrogens with two attached hydrogens (primary N) is 1. The maximum atomic E-state index is 5.96. The molecule has 0 fully saturated rings. The van der Waals surface area contributed by atoms with Crippen LogP contribution >= 0.6 is 0 Å². The SMILES string of the molecule is CCn1cnc(-c2ccc(C)nc2)c1N. The average molecular weight is 202 g/mol. The minimum absolute atomic E-state index is 0.697. The van der Waals surface area contributed by atoms with Gasteiger partial charge in [-0.05, 0) is 26.0 Å². The molecule has 0 saturated heterocycles. The van der Waals surface area contributed by atoms with E-state index in [-0.39, 0.29) is 0 Å². The predicted molar refractivity (Wildman–Crippen MR) is 60.3 cm³/mol. The molecule has 0 spiro atoms. The van der Waals surface area contributed by atoms with Crippen LogP contribution in [0.1, 0.15) is 12.6 Å². The van der Waals surface area contributed by atoms with E-state index in [0.29, 0.717) is 5.82 Å². The molecule has 0 bridgehead atoms. The molecule has 0 aliphatic carbocycles. The number of anilines is 1. The summed E-state index contributed by atoms with van der Waals surface area (Å²) in [5, 5.41) is 0. The third-order valence-electron chi connectivity index (χ3n) is 2.40. The molecule has 0 amide bonds. The molecule has 4 heteroatoms. The van der Waals surface area contributed by atoms with Gasteiger partial charge in [-0.2, -0.15) is 0 Å². The first-order valence-corrected chi connectivity index (χ1v) is 4.96. The molecule has 0 unspecified atom stereocenters. The maximum absolute atomic E-state index is 5.96. The summed E-state index contributed by atoms with van der Waals surface area (Å²) in [6, 6.07) is 3.95. The van der Waals surface area contributed by atoms with Crippen molar-refractivity contribution in [3.05, 3.63) is 30.4 Å². The van der Waals surface area contributed by atoms with Gasteiger partial charge >= 0.3 is 0 Å². The van der Waals surface area contributed by atoms with E-state index >= 15 is 0 Å². The molecule has 2 heterocycles. The molecule has 2 aromatic rings. The van der Waals surface area contributed by atoms with Crippen LogP contribution in [0.3, 0.4) is 0 Å². The van der Waals surface area contributed by atoms with Crippen LogP contribution in [0, 0.1) is 6.92 Å². The molecule has 0 saturated carbocycles. The Morgan fingerprint density at radius 3 is 2.67 bits per heavy atom. The first-order valence-electron chi connectivity index (χ1n) is 4.96. The molecule has 0 aromatic carbocycles. The van der Waals surface area contributed by atoms with Crippen molar-refractivity contribution < 1.29 is 0 Å². The van der Waals surface area contributed by atoms with Crippen LogP contribution < -0.4 is 5.73 Å². The third-order valence-corrected chi connectivity index (χ3v) is 2.40. The van der Waals surface area contributed by atoms with Crippen molar-refractivity contribution in [2.75, 3.05) is 5.73 Å². The number of aryl methyl sites for hydroxylation is 2. The fraction of sp³-hybridized carbons (Fsp3) is 0.273. The number of nitrogens with zero attached hydrogens (tertiary/aromatic N) is 3. The summed E-state index contributed by atoms with van der Waals surface area (Å²) in [6.07, 6.45) is 3.55. The standard InChI is InChI=1S/C11H14N4/c1-3-15-7-14-10(11(15)12)9-5-4-8(2)13-6-9/h4-7H,3,12H2,1-2H3. The largest absolute Gasteiger partial charge is 0.383 e. The highest BCUT2D eigenvalue weighted by molar-refractivity contribution is 5.69. The van der Waals surface area contributed by atoms with E-state index in [9.17, 15) is 0 Å². The highest BCUT2D eigenvalue weighted by Gasteiger charge is 2.08. The highest BCUT2D eigenvalue weighted by atomic mass is 15.1. The summed E-state index contributed by atoms with van der Waals surface area (Å²) in [6.45, 7) is 4.82. The Morgan fingerprint density at radius 1 is 1.33 bits per heavy atom. The molecule has 2 rings (SSSR count). The number of hydrogen-bond donors (Lipinski definition) is 1. The Labute approximate surface area is 88.8 Å². The molecular formula is C11H14N4. The second-order valence-electron chi connectivity index (χ2n) is 3.45. The smallest absolute Gasteiger partial charge is 0.131 e. The third kappa shape index (κ3) is 1.70. The van der Waals surface area contributed by atoms with Crippen molar-refractivity contribution >= 4 is 5.82 Å². The molecular weight excluding hydrogens is 188 g/mol. The Morgan fingerprint density at radius 2 is 2.13 bits per heavy atom. The van der Waals surface area contributed by atoms with Crippen LogP contribution in [-0.4, -0.2) is 14.5 Å². The molecule has 2 N–H and O–H groups in total. The van der Waals surface area contributed by atoms with E-state index in [0.717, 1.165) is 23.5 Å². The van der Waals surface area contributed by atoms with Crippen LogP contribution in [0.5, 0.6) is 0 Å². The van der Waals surface area contributed by atoms with Crippen molar-refractivity contribution in [3.8, 4) is 11.3 Å². The second-order valence-corrected chi connectivity index (χ2v) is 3.45. The number of aromatic nitrogens is 3.